The molecule has 2 nitrogen and oxygen atoms in total. The molecule has 2 heteroatoms. The summed E-state index contributed by atoms with van der Waals surface area (Å²) in [5, 5.41) is 0. The lowest BCUT2D eigenvalue weighted by molar-refractivity contribution is -0.127. The number of Topliss-reactive ketones (excluding diaryl/α,β-unsaturated/α-hetero) is 2. The molecule has 2 aliphatic rings. The number of ketones is 2. The van der Waals surface area contributed by atoms with Crippen LogP contribution in [0.1, 0.15) is 42.5 Å². The molecule has 0 N–H and O–H groups in total. The molecule has 18 heavy (non-hydrogen) atoms. The third-order valence-corrected chi connectivity index (χ3v) is 4.30. The molecule has 94 valence electrons. The fourth-order valence-corrected chi connectivity index (χ4v) is 2.94. The number of hydrogen-bond acceptors (Lipinski definition) is 2. The first kappa shape index (κ1) is 11.6. The van der Waals surface area contributed by atoms with Gasteiger partial charge in [0.1, 0.15) is 5.78 Å². The second-order valence-corrected chi connectivity index (χ2v) is 5.72. The molecule has 0 saturated heterocycles. The van der Waals surface area contributed by atoms with Gasteiger partial charge in [0.15, 0.2) is 5.78 Å². The number of benzene rings is 1. The second kappa shape index (κ2) is 4.68. The summed E-state index contributed by atoms with van der Waals surface area (Å²) in [6.07, 6.45) is 4.87. The predicted molar refractivity (Wildman–Crippen MR) is 69.3 cm³/mol. The van der Waals surface area contributed by atoms with Crippen LogP contribution in [-0.4, -0.2) is 11.6 Å². The van der Waals surface area contributed by atoms with Crippen LogP contribution in [0.25, 0.3) is 0 Å². The first-order chi connectivity index (χ1) is 8.74. The number of carbonyl (C=O) groups excluding carboxylic acids is 2. The first-order valence-electron chi connectivity index (χ1n) is 6.85. The Hall–Kier alpha value is -1.44. The third-order valence-electron chi connectivity index (χ3n) is 4.30. The Morgan fingerprint density at radius 2 is 1.83 bits per heavy atom. The van der Waals surface area contributed by atoms with Gasteiger partial charge in [-0.05, 0) is 31.1 Å². The molecular formula is C16H18O2. The number of carbonyl (C=O) groups is 2. The minimum absolute atomic E-state index is 0.253. The molecule has 0 heterocycles. The van der Waals surface area contributed by atoms with Gasteiger partial charge in [0.2, 0.25) is 0 Å². The Bertz CT molecular complexity index is 455. The summed E-state index contributed by atoms with van der Waals surface area (Å²) in [6, 6.07) is 9.59. The van der Waals surface area contributed by atoms with Crippen molar-refractivity contribution in [3.05, 3.63) is 35.9 Å². The normalized spacial score (nSPS) is 26.8. The van der Waals surface area contributed by atoms with Gasteiger partial charge in [-0.3, -0.25) is 9.59 Å². The van der Waals surface area contributed by atoms with E-state index in [1.807, 2.05) is 30.3 Å². The van der Waals surface area contributed by atoms with Crippen LogP contribution in [0.15, 0.2) is 30.3 Å². The molecule has 0 aliphatic heterocycles. The standard InChI is InChI=1S/C16H18O2/c17-14-8-11(9-14)6-7-13-10-15(13)16(18)12-4-2-1-3-5-12/h1-5,11,13,15H,6-10H2. The van der Waals surface area contributed by atoms with E-state index in [1.165, 1.54) is 0 Å². The lowest BCUT2D eigenvalue weighted by Crippen LogP contribution is -2.23. The van der Waals surface area contributed by atoms with Crippen LogP contribution in [0.5, 0.6) is 0 Å². The Morgan fingerprint density at radius 1 is 1.11 bits per heavy atom. The topological polar surface area (TPSA) is 34.1 Å². The average molecular weight is 242 g/mol. The van der Waals surface area contributed by atoms with Crippen molar-refractivity contribution < 1.29 is 9.59 Å². The lowest BCUT2D eigenvalue weighted by atomic mass is 9.80. The van der Waals surface area contributed by atoms with Crippen molar-refractivity contribution in [2.24, 2.45) is 17.8 Å². The zero-order chi connectivity index (χ0) is 12.5. The van der Waals surface area contributed by atoms with Crippen LogP contribution in [0.3, 0.4) is 0 Å². The van der Waals surface area contributed by atoms with E-state index in [4.69, 9.17) is 0 Å². The number of hydrogen-bond donors (Lipinski definition) is 0. The van der Waals surface area contributed by atoms with Gasteiger partial charge >= 0.3 is 0 Å². The molecule has 2 atom stereocenters. The van der Waals surface area contributed by atoms with Gasteiger partial charge in [0.05, 0.1) is 0 Å². The van der Waals surface area contributed by atoms with Crippen LogP contribution >= 0.6 is 0 Å². The molecule has 0 amide bonds. The van der Waals surface area contributed by atoms with Crippen molar-refractivity contribution in [1.82, 2.24) is 0 Å². The molecule has 1 aromatic carbocycles. The summed E-state index contributed by atoms with van der Waals surface area (Å²) in [5.74, 6) is 2.17. The van der Waals surface area contributed by atoms with Gasteiger partial charge < -0.3 is 0 Å². The molecule has 3 rings (SSSR count). The monoisotopic (exact) mass is 242 g/mol. The maximum atomic E-state index is 12.1. The molecule has 0 bridgehead atoms. The van der Waals surface area contributed by atoms with Crippen LogP contribution in [0.2, 0.25) is 0 Å². The second-order valence-electron chi connectivity index (χ2n) is 5.72. The third kappa shape index (κ3) is 2.38. The molecule has 2 unspecified atom stereocenters. The van der Waals surface area contributed by atoms with Crippen molar-refractivity contribution in [3.63, 3.8) is 0 Å². The van der Waals surface area contributed by atoms with E-state index in [1.54, 1.807) is 0 Å². The van der Waals surface area contributed by atoms with Gasteiger partial charge in [-0.25, -0.2) is 0 Å². The minimum atomic E-state index is 0.253. The molecule has 0 radical (unpaired) electrons. The summed E-state index contributed by atoms with van der Waals surface area (Å²) in [6.45, 7) is 0. The van der Waals surface area contributed by atoms with E-state index < -0.39 is 0 Å². The van der Waals surface area contributed by atoms with Crippen molar-refractivity contribution >= 4 is 11.6 Å². The van der Waals surface area contributed by atoms with Crippen LogP contribution in [-0.2, 0) is 4.79 Å². The molecule has 0 aromatic heterocycles. The highest BCUT2D eigenvalue weighted by Gasteiger charge is 2.43. The maximum Gasteiger partial charge on any atom is 0.166 e. The zero-order valence-electron chi connectivity index (χ0n) is 10.5. The molecule has 1 aromatic rings. The Balaban J connectivity index is 1.46. The van der Waals surface area contributed by atoms with Gasteiger partial charge in [0, 0.05) is 24.3 Å². The molecule has 0 spiro atoms. The van der Waals surface area contributed by atoms with Crippen LogP contribution < -0.4 is 0 Å². The van der Waals surface area contributed by atoms with Gasteiger partial charge in [-0.1, -0.05) is 30.3 Å². The maximum absolute atomic E-state index is 12.1. The van der Waals surface area contributed by atoms with E-state index in [2.05, 4.69) is 0 Å². The number of rotatable bonds is 5. The first-order valence-corrected chi connectivity index (χ1v) is 6.85. The van der Waals surface area contributed by atoms with E-state index in [0.29, 0.717) is 23.4 Å². The fourth-order valence-electron chi connectivity index (χ4n) is 2.94. The van der Waals surface area contributed by atoms with E-state index in [9.17, 15) is 9.59 Å². The Kier molecular flexibility index (Phi) is 3.02. The lowest BCUT2D eigenvalue weighted by Gasteiger charge is -2.23. The van der Waals surface area contributed by atoms with Crippen molar-refractivity contribution in [2.75, 3.05) is 0 Å². The minimum Gasteiger partial charge on any atom is -0.300 e. The van der Waals surface area contributed by atoms with Crippen LogP contribution in [0, 0.1) is 17.8 Å². The highest BCUT2D eigenvalue weighted by Crippen LogP contribution is 2.45. The average Bonchev–Trinajstić information content (AvgIpc) is 3.13. The van der Waals surface area contributed by atoms with Crippen molar-refractivity contribution in [3.8, 4) is 0 Å². The summed E-state index contributed by atoms with van der Waals surface area (Å²) >= 11 is 0. The van der Waals surface area contributed by atoms with Gasteiger partial charge in [-0.2, -0.15) is 0 Å². The summed E-state index contributed by atoms with van der Waals surface area (Å²) < 4.78 is 0. The molecular weight excluding hydrogens is 224 g/mol. The highest BCUT2D eigenvalue weighted by atomic mass is 16.1. The van der Waals surface area contributed by atoms with Gasteiger partial charge in [0.25, 0.3) is 0 Å². The van der Waals surface area contributed by atoms with E-state index in [-0.39, 0.29) is 5.92 Å². The van der Waals surface area contributed by atoms with Gasteiger partial charge in [-0.15, -0.1) is 0 Å². The highest BCUT2D eigenvalue weighted by molar-refractivity contribution is 5.99. The Labute approximate surface area is 107 Å². The summed E-state index contributed by atoms with van der Waals surface area (Å²) in [5.41, 5.74) is 0.851. The smallest absolute Gasteiger partial charge is 0.166 e. The molecule has 2 aliphatic carbocycles. The van der Waals surface area contributed by atoms with Crippen LogP contribution in [0.4, 0.5) is 0 Å². The molecule has 2 fully saturated rings. The molecule has 2 saturated carbocycles. The Morgan fingerprint density at radius 3 is 2.50 bits per heavy atom. The fraction of sp³-hybridized carbons (Fsp3) is 0.500. The zero-order valence-corrected chi connectivity index (χ0v) is 10.5. The largest absolute Gasteiger partial charge is 0.300 e. The quantitative estimate of drug-likeness (QED) is 0.743. The SMILES string of the molecule is O=C1CC(CCC2CC2C(=O)c2ccccc2)C1. The van der Waals surface area contributed by atoms with Crippen molar-refractivity contribution in [1.29, 1.82) is 0 Å². The van der Waals surface area contributed by atoms with E-state index in [0.717, 1.165) is 37.7 Å². The summed E-state index contributed by atoms with van der Waals surface area (Å²) in [7, 11) is 0. The predicted octanol–water partition coefficient (Wildman–Crippen LogP) is 3.26. The van der Waals surface area contributed by atoms with Crippen molar-refractivity contribution in [2.45, 2.75) is 32.1 Å². The summed E-state index contributed by atoms with van der Waals surface area (Å²) in [4.78, 5) is 23.0. The van der Waals surface area contributed by atoms with E-state index >= 15 is 0 Å².